The summed E-state index contributed by atoms with van der Waals surface area (Å²) in [4.78, 5) is 33.3. The molecule has 1 aliphatic carbocycles. The van der Waals surface area contributed by atoms with E-state index >= 15 is 0 Å². The van der Waals surface area contributed by atoms with Gasteiger partial charge in [0, 0.05) is 26.7 Å². The normalized spacial score (nSPS) is 39.8. The van der Waals surface area contributed by atoms with E-state index in [9.17, 15) is 9.59 Å². The van der Waals surface area contributed by atoms with Crippen molar-refractivity contribution in [3.63, 3.8) is 0 Å². The van der Waals surface area contributed by atoms with Crippen LogP contribution in [0.1, 0.15) is 79.2 Å². The lowest BCUT2D eigenvalue weighted by molar-refractivity contribution is -0.213. The average molecular weight is 550 g/mol. The fourth-order valence-electron chi connectivity index (χ4n) is 9.66. The van der Waals surface area contributed by atoms with Crippen molar-refractivity contribution in [2.24, 2.45) is 11.3 Å². The maximum atomic E-state index is 14.5. The van der Waals surface area contributed by atoms with Crippen LogP contribution in [0.25, 0.3) is 0 Å². The Morgan fingerprint density at radius 1 is 1.15 bits per heavy atom. The number of unbranched alkanes of at least 4 members (excludes halogenated alkanes) is 1. The molecule has 5 fully saturated rings. The monoisotopic (exact) mass is 549 g/mol. The number of ether oxygens (including phenoxy) is 3. The molecule has 5 atom stereocenters. The topological polar surface area (TPSA) is 80.3 Å². The standard InChI is InChI=1S/C32H43N3O5/c1-8-9-15-39-29(6)12-14-35-19-30-18-31(28(4,5)22(30)17-32(29,35)26(37)34(30)7)20-10-11-21-24(23(20)33-25(31)36)38-16-13-27(2,3)40-21/h10-11,13,16,22H,8-9,12,14-15,17-19H2,1-7H3,(H,33,36)/t22?,29-,30?,31?,32?/m1/s1. The molecule has 4 unspecified atom stereocenters. The van der Waals surface area contributed by atoms with Gasteiger partial charge in [-0.2, -0.15) is 0 Å². The molecule has 0 aromatic heterocycles. The van der Waals surface area contributed by atoms with E-state index in [1.165, 1.54) is 0 Å². The van der Waals surface area contributed by atoms with E-state index in [1.807, 2.05) is 37.9 Å². The Morgan fingerprint density at radius 2 is 1.93 bits per heavy atom. The first-order valence-electron chi connectivity index (χ1n) is 15.0. The molecule has 1 aromatic carbocycles. The molecule has 1 N–H and O–H groups in total. The minimum atomic E-state index is -0.809. The molecule has 2 amide bonds. The van der Waals surface area contributed by atoms with E-state index in [1.54, 1.807) is 6.26 Å². The molecule has 1 saturated carbocycles. The van der Waals surface area contributed by atoms with E-state index < -0.39 is 33.1 Å². The second-order valence-electron chi connectivity index (χ2n) is 14.4. The quantitative estimate of drug-likeness (QED) is 0.552. The van der Waals surface area contributed by atoms with Crippen molar-refractivity contribution in [3.05, 3.63) is 30.0 Å². The highest BCUT2D eigenvalue weighted by molar-refractivity contribution is 6.09. The third-order valence-corrected chi connectivity index (χ3v) is 11.9. The van der Waals surface area contributed by atoms with Gasteiger partial charge < -0.3 is 24.4 Å². The van der Waals surface area contributed by atoms with Gasteiger partial charge in [-0.05, 0) is 75.5 Å². The van der Waals surface area contributed by atoms with Crippen LogP contribution in [0.3, 0.4) is 0 Å². The molecule has 216 valence electrons. The number of carbonyl (C=O) groups is 2. The summed E-state index contributed by atoms with van der Waals surface area (Å²) in [5.74, 6) is 1.44. The largest absolute Gasteiger partial charge is 0.480 e. The molecule has 6 heterocycles. The number of hydrogen-bond acceptors (Lipinski definition) is 6. The lowest BCUT2D eigenvalue weighted by atomic mass is 9.55. The number of fused-ring (bicyclic) bond motifs is 5. The minimum Gasteiger partial charge on any atom is -0.480 e. The fraction of sp³-hybridized carbons (Fsp3) is 0.688. The summed E-state index contributed by atoms with van der Waals surface area (Å²) in [6, 6.07) is 4.00. The molecular weight excluding hydrogens is 506 g/mol. The lowest BCUT2D eigenvalue weighted by Crippen LogP contribution is -2.82. The Kier molecular flexibility index (Phi) is 5.15. The number of amides is 2. The van der Waals surface area contributed by atoms with Gasteiger partial charge in [-0.3, -0.25) is 14.5 Å². The molecule has 8 nitrogen and oxygen atoms in total. The highest BCUT2D eigenvalue weighted by Crippen LogP contribution is 2.73. The summed E-state index contributed by atoms with van der Waals surface area (Å²) < 4.78 is 19.0. The number of likely N-dealkylation sites (N-methyl/N-ethyl adjacent to an activating group) is 1. The number of carbonyl (C=O) groups excluding carboxylic acids is 2. The smallest absolute Gasteiger partial charge is 0.246 e. The molecule has 0 radical (unpaired) electrons. The van der Waals surface area contributed by atoms with Crippen LogP contribution in [-0.2, 0) is 19.7 Å². The molecule has 8 rings (SSSR count). The zero-order chi connectivity index (χ0) is 28.5. The first-order chi connectivity index (χ1) is 18.8. The first-order valence-corrected chi connectivity index (χ1v) is 15.0. The van der Waals surface area contributed by atoms with Gasteiger partial charge in [-0.1, -0.05) is 33.3 Å². The van der Waals surface area contributed by atoms with Gasteiger partial charge in [0.1, 0.15) is 11.1 Å². The zero-order valence-corrected chi connectivity index (χ0v) is 25.0. The number of nitrogens with one attached hydrogen (secondary N) is 1. The van der Waals surface area contributed by atoms with Gasteiger partial charge in [-0.15, -0.1) is 0 Å². The van der Waals surface area contributed by atoms with Gasteiger partial charge in [0.05, 0.1) is 28.5 Å². The zero-order valence-electron chi connectivity index (χ0n) is 25.0. The molecule has 1 aromatic rings. The lowest BCUT2D eigenvalue weighted by Gasteiger charge is -2.66. The Bertz CT molecular complexity index is 1350. The third-order valence-electron chi connectivity index (χ3n) is 11.9. The summed E-state index contributed by atoms with van der Waals surface area (Å²) in [6.45, 7) is 15.0. The van der Waals surface area contributed by atoms with Crippen LogP contribution in [0.2, 0.25) is 0 Å². The Balaban J connectivity index is 1.36. The molecule has 6 aliphatic heterocycles. The summed E-state index contributed by atoms with van der Waals surface area (Å²) in [6.07, 6.45) is 7.71. The van der Waals surface area contributed by atoms with Crippen molar-refractivity contribution in [2.75, 3.05) is 32.1 Å². The second-order valence-corrected chi connectivity index (χ2v) is 14.4. The number of benzene rings is 1. The van der Waals surface area contributed by atoms with Crippen LogP contribution in [0.4, 0.5) is 5.69 Å². The predicted molar refractivity (Wildman–Crippen MR) is 151 cm³/mol. The molecule has 2 bridgehead atoms. The van der Waals surface area contributed by atoms with Gasteiger partial charge in [-0.25, -0.2) is 0 Å². The second kappa shape index (κ2) is 7.82. The van der Waals surface area contributed by atoms with E-state index in [-0.39, 0.29) is 17.7 Å². The van der Waals surface area contributed by atoms with Crippen molar-refractivity contribution < 1.29 is 23.8 Å². The SMILES string of the molecule is CCCCO[C@]1(C)CCN2CC34CC5(C(=O)Nc6c5ccc5c6OC=CC(C)(C)O5)C(C)(C)C3CC21C(=O)N4C. The summed E-state index contributed by atoms with van der Waals surface area (Å²) in [7, 11) is 1.97. The molecular formula is C32H43N3O5. The highest BCUT2D eigenvalue weighted by Gasteiger charge is 2.82. The number of piperazine rings is 1. The minimum absolute atomic E-state index is 0.00956. The number of nitrogens with zero attached hydrogens (tertiary/aromatic N) is 2. The molecule has 40 heavy (non-hydrogen) atoms. The van der Waals surface area contributed by atoms with Crippen molar-refractivity contribution in [2.45, 2.75) is 101 Å². The Hall–Kier alpha value is -2.58. The maximum Gasteiger partial charge on any atom is 0.246 e. The van der Waals surface area contributed by atoms with E-state index in [4.69, 9.17) is 14.2 Å². The Labute approximate surface area is 237 Å². The van der Waals surface area contributed by atoms with E-state index in [0.29, 0.717) is 36.6 Å². The summed E-state index contributed by atoms with van der Waals surface area (Å²) in [5, 5.41) is 3.24. The van der Waals surface area contributed by atoms with Gasteiger partial charge >= 0.3 is 0 Å². The van der Waals surface area contributed by atoms with E-state index in [2.05, 4.69) is 44.0 Å². The molecule has 8 heteroatoms. The van der Waals surface area contributed by atoms with Crippen LogP contribution in [0.5, 0.6) is 11.5 Å². The fourth-order valence-corrected chi connectivity index (χ4v) is 9.66. The number of anilines is 1. The first kappa shape index (κ1) is 26.3. The average Bonchev–Trinajstić information content (AvgIpc) is 3.36. The van der Waals surface area contributed by atoms with Crippen LogP contribution in [0, 0.1) is 11.3 Å². The molecule has 7 aliphatic rings. The van der Waals surface area contributed by atoms with Crippen molar-refractivity contribution in [3.8, 4) is 11.5 Å². The van der Waals surface area contributed by atoms with Gasteiger partial charge in [0.25, 0.3) is 0 Å². The maximum absolute atomic E-state index is 14.5. The van der Waals surface area contributed by atoms with Crippen molar-refractivity contribution >= 4 is 17.5 Å². The third kappa shape index (κ3) is 2.80. The number of piperidine rings is 2. The van der Waals surface area contributed by atoms with Crippen LogP contribution < -0.4 is 14.8 Å². The van der Waals surface area contributed by atoms with Crippen LogP contribution in [-0.4, -0.2) is 70.6 Å². The molecule has 4 saturated heterocycles. The summed E-state index contributed by atoms with van der Waals surface area (Å²) >= 11 is 0. The molecule has 3 spiro atoms. The Morgan fingerprint density at radius 3 is 2.67 bits per heavy atom. The van der Waals surface area contributed by atoms with Gasteiger partial charge in [0.15, 0.2) is 11.5 Å². The summed E-state index contributed by atoms with van der Waals surface area (Å²) in [5.41, 5.74) is -1.82. The predicted octanol–water partition coefficient (Wildman–Crippen LogP) is 4.62. The van der Waals surface area contributed by atoms with E-state index in [0.717, 1.165) is 37.9 Å². The van der Waals surface area contributed by atoms with Crippen molar-refractivity contribution in [1.29, 1.82) is 0 Å². The number of hydrogen-bond donors (Lipinski definition) is 1. The van der Waals surface area contributed by atoms with Gasteiger partial charge in [0.2, 0.25) is 11.8 Å². The highest BCUT2D eigenvalue weighted by atomic mass is 16.5. The van der Waals surface area contributed by atoms with Crippen LogP contribution >= 0.6 is 0 Å². The number of rotatable bonds is 4. The van der Waals surface area contributed by atoms with Crippen molar-refractivity contribution in [1.82, 2.24) is 9.80 Å². The van der Waals surface area contributed by atoms with Crippen LogP contribution in [0.15, 0.2) is 24.5 Å².